The standard InChI is InChI=1S/C12H14F3NO3S/c1-20(17,18)7-9-3-2-8-6-10(19-12(13,14)15)4-5-11(8)16-9/h4-6,9,16H,2-3,7H2,1H3. The number of sulfone groups is 1. The van der Waals surface area contributed by atoms with Gasteiger partial charge in [-0.25, -0.2) is 8.42 Å². The Labute approximate surface area is 114 Å². The number of ether oxygens (including phenoxy) is 1. The summed E-state index contributed by atoms with van der Waals surface area (Å²) in [6.45, 7) is 0. The third-order valence-corrected chi connectivity index (χ3v) is 3.94. The first-order valence-corrected chi connectivity index (χ1v) is 8.01. The highest BCUT2D eigenvalue weighted by atomic mass is 32.2. The normalized spacial score (nSPS) is 19.1. The van der Waals surface area contributed by atoms with Gasteiger partial charge in [-0.05, 0) is 36.6 Å². The van der Waals surface area contributed by atoms with Crippen molar-refractivity contribution in [1.82, 2.24) is 0 Å². The zero-order valence-corrected chi connectivity index (χ0v) is 11.5. The summed E-state index contributed by atoms with van der Waals surface area (Å²) in [5.41, 5.74) is 1.34. The minimum atomic E-state index is -4.71. The van der Waals surface area contributed by atoms with Gasteiger partial charge in [-0.3, -0.25) is 0 Å². The van der Waals surface area contributed by atoms with Gasteiger partial charge in [0, 0.05) is 18.0 Å². The van der Waals surface area contributed by atoms with Crippen molar-refractivity contribution in [3.63, 3.8) is 0 Å². The Hall–Kier alpha value is -1.44. The quantitative estimate of drug-likeness (QED) is 0.931. The largest absolute Gasteiger partial charge is 0.573 e. The number of benzene rings is 1. The second-order valence-corrected chi connectivity index (χ2v) is 7.02. The van der Waals surface area contributed by atoms with E-state index in [4.69, 9.17) is 0 Å². The van der Waals surface area contributed by atoms with Gasteiger partial charge in [0.15, 0.2) is 0 Å². The zero-order chi connectivity index (χ0) is 15.0. The number of halogens is 3. The lowest BCUT2D eigenvalue weighted by Gasteiger charge is -2.27. The van der Waals surface area contributed by atoms with Gasteiger partial charge < -0.3 is 10.1 Å². The molecule has 4 nitrogen and oxygen atoms in total. The van der Waals surface area contributed by atoms with E-state index in [1.165, 1.54) is 18.2 Å². The highest BCUT2D eigenvalue weighted by molar-refractivity contribution is 7.90. The van der Waals surface area contributed by atoms with E-state index in [9.17, 15) is 21.6 Å². The van der Waals surface area contributed by atoms with Crippen molar-refractivity contribution in [1.29, 1.82) is 0 Å². The summed E-state index contributed by atoms with van der Waals surface area (Å²) in [6, 6.07) is 3.80. The van der Waals surface area contributed by atoms with Crippen LogP contribution in [0.3, 0.4) is 0 Å². The van der Waals surface area contributed by atoms with Crippen LogP contribution in [-0.2, 0) is 16.3 Å². The Morgan fingerprint density at radius 2 is 2.10 bits per heavy atom. The van der Waals surface area contributed by atoms with Crippen LogP contribution in [0.2, 0.25) is 0 Å². The van der Waals surface area contributed by atoms with Crippen LogP contribution < -0.4 is 10.1 Å². The number of rotatable bonds is 3. The molecule has 0 radical (unpaired) electrons. The van der Waals surface area contributed by atoms with Gasteiger partial charge >= 0.3 is 6.36 Å². The van der Waals surface area contributed by atoms with Gasteiger partial charge in [0.2, 0.25) is 0 Å². The molecule has 112 valence electrons. The molecule has 0 bridgehead atoms. The third-order valence-electron chi connectivity index (χ3n) is 2.94. The predicted octanol–water partition coefficient (Wildman–Crippen LogP) is 2.36. The SMILES string of the molecule is CS(=O)(=O)CC1CCc2cc(OC(F)(F)F)ccc2N1. The molecule has 8 heteroatoms. The number of hydrogen-bond donors (Lipinski definition) is 1. The van der Waals surface area contributed by atoms with E-state index in [2.05, 4.69) is 10.1 Å². The van der Waals surface area contributed by atoms with E-state index in [0.29, 0.717) is 24.1 Å². The summed E-state index contributed by atoms with van der Waals surface area (Å²) in [6.07, 6.45) is -2.49. The van der Waals surface area contributed by atoms with E-state index >= 15 is 0 Å². The van der Waals surface area contributed by atoms with E-state index in [0.717, 1.165) is 6.26 Å². The molecule has 0 spiro atoms. The molecule has 1 unspecified atom stereocenters. The average Bonchev–Trinajstić information content (AvgIpc) is 2.25. The van der Waals surface area contributed by atoms with Crippen LogP contribution in [0.5, 0.6) is 5.75 Å². The summed E-state index contributed by atoms with van der Waals surface area (Å²) in [5, 5.41) is 3.03. The van der Waals surface area contributed by atoms with Crippen molar-refractivity contribution < 1.29 is 26.3 Å². The maximum atomic E-state index is 12.1. The Balaban J connectivity index is 2.11. The van der Waals surface area contributed by atoms with Crippen LogP contribution >= 0.6 is 0 Å². The highest BCUT2D eigenvalue weighted by Crippen LogP contribution is 2.31. The second-order valence-electron chi connectivity index (χ2n) is 4.84. The first-order valence-electron chi connectivity index (χ1n) is 5.95. The van der Waals surface area contributed by atoms with Crippen LogP contribution in [0.1, 0.15) is 12.0 Å². The number of aryl methyl sites for hydroxylation is 1. The van der Waals surface area contributed by atoms with Gasteiger partial charge in [-0.1, -0.05) is 0 Å². The van der Waals surface area contributed by atoms with E-state index in [1.807, 2.05) is 0 Å². The van der Waals surface area contributed by atoms with Gasteiger partial charge in [0.05, 0.1) is 5.75 Å². The minimum Gasteiger partial charge on any atom is -0.406 e. The monoisotopic (exact) mass is 309 g/mol. The lowest BCUT2D eigenvalue weighted by atomic mass is 9.99. The summed E-state index contributed by atoms with van der Waals surface area (Å²) in [7, 11) is -3.09. The molecule has 0 saturated heterocycles. The van der Waals surface area contributed by atoms with Crippen molar-refractivity contribution >= 4 is 15.5 Å². The molecule has 0 aromatic heterocycles. The molecule has 0 saturated carbocycles. The summed E-state index contributed by atoms with van der Waals surface area (Å²) in [5.74, 6) is -0.257. The molecule has 1 aromatic rings. The topological polar surface area (TPSA) is 55.4 Å². The van der Waals surface area contributed by atoms with Gasteiger partial charge in [-0.15, -0.1) is 13.2 Å². The first-order chi connectivity index (χ1) is 9.12. The summed E-state index contributed by atoms with van der Waals surface area (Å²) in [4.78, 5) is 0. The van der Waals surface area contributed by atoms with E-state index in [1.54, 1.807) is 0 Å². The number of alkyl halides is 3. The maximum absolute atomic E-state index is 12.1. The summed E-state index contributed by atoms with van der Waals surface area (Å²) < 4.78 is 62.7. The van der Waals surface area contributed by atoms with Crippen LogP contribution in [0.25, 0.3) is 0 Å². The molecule has 0 amide bonds. The Morgan fingerprint density at radius 1 is 1.40 bits per heavy atom. The third kappa shape index (κ3) is 4.29. The summed E-state index contributed by atoms with van der Waals surface area (Å²) >= 11 is 0. The minimum absolute atomic E-state index is 0.00719. The molecule has 1 aliphatic rings. The molecule has 2 rings (SSSR count). The van der Waals surface area contributed by atoms with Gasteiger partial charge in [0.1, 0.15) is 15.6 Å². The number of hydrogen-bond acceptors (Lipinski definition) is 4. The molecule has 1 atom stereocenters. The lowest BCUT2D eigenvalue weighted by Crippen LogP contribution is -2.32. The average molecular weight is 309 g/mol. The fourth-order valence-corrected chi connectivity index (χ4v) is 3.21. The number of anilines is 1. The smallest absolute Gasteiger partial charge is 0.406 e. The Kier molecular flexibility index (Phi) is 3.86. The molecule has 1 heterocycles. The van der Waals surface area contributed by atoms with Crippen molar-refractivity contribution in [2.24, 2.45) is 0 Å². The van der Waals surface area contributed by atoms with E-state index in [-0.39, 0.29) is 17.5 Å². The van der Waals surface area contributed by atoms with E-state index < -0.39 is 16.2 Å². The van der Waals surface area contributed by atoms with Crippen LogP contribution in [0.15, 0.2) is 18.2 Å². The van der Waals surface area contributed by atoms with Crippen molar-refractivity contribution in [2.75, 3.05) is 17.3 Å². The van der Waals surface area contributed by atoms with Gasteiger partial charge in [0.25, 0.3) is 0 Å². The predicted molar refractivity (Wildman–Crippen MR) is 68.6 cm³/mol. The number of nitrogens with one attached hydrogen (secondary N) is 1. The highest BCUT2D eigenvalue weighted by Gasteiger charge is 2.31. The molecule has 1 N–H and O–H groups in total. The van der Waals surface area contributed by atoms with Gasteiger partial charge in [-0.2, -0.15) is 0 Å². The van der Waals surface area contributed by atoms with Crippen molar-refractivity contribution in [3.05, 3.63) is 23.8 Å². The molecule has 0 aliphatic carbocycles. The molecular weight excluding hydrogens is 295 g/mol. The molecule has 1 aromatic carbocycles. The fraction of sp³-hybridized carbons (Fsp3) is 0.500. The Bertz CT molecular complexity index is 598. The molecule has 1 aliphatic heterocycles. The molecule has 20 heavy (non-hydrogen) atoms. The van der Waals surface area contributed by atoms with Crippen LogP contribution in [-0.4, -0.2) is 32.8 Å². The number of fused-ring (bicyclic) bond motifs is 1. The maximum Gasteiger partial charge on any atom is 0.573 e. The van der Waals surface area contributed by atoms with Crippen molar-refractivity contribution in [3.8, 4) is 5.75 Å². The second kappa shape index (κ2) is 5.16. The fourth-order valence-electron chi connectivity index (χ4n) is 2.23. The first kappa shape index (κ1) is 15.0. The molecular formula is C12H14F3NO3S. The molecule has 0 fully saturated rings. The van der Waals surface area contributed by atoms with Crippen molar-refractivity contribution in [2.45, 2.75) is 25.2 Å². The zero-order valence-electron chi connectivity index (χ0n) is 10.7. The van der Waals surface area contributed by atoms with Crippen LogP contribution in [0.4, 0.5) is 18.9 Å². The Morgan fingerprint density at radius 3 is 2.70 bits per heavy atom. The van der Waals surface area contributed by atoms with Crippen LogP contribution in [0, 0.1) is 0 Å². The lowest BCUT2D eigenvalue weighted by molar-refractivity contribution is -0.274.